The summed E-state index contributed by atoms with van der Waals surface area (Å²) in [7, 11) is 0. The molecule has 1 aromatic rings. The number of halogens is 1. The van der Waals surface area contributed by atoms with Crippen molar-refractivity contribution >= 4 is 5.82 Å². The summed E-state index contributed by atoms with van der Waals surface area (Å²) in [6.07, 6.45) is -1.69. The van der Waals surface area contributed by atoms with Crippen LogP contribution >= 0.6 is 0 Å². The molecule has 1 saturated heterocycles. The van der Waals surface area contributed by atoms with Gasteiger partial charge in [0.1, 0.15) is 18.5 Å². The highest BCUT2D eigenvalue weighted by atomic mass is 19.1. The molecule has 7 nitrogen and oxygen atoms in total. The number of aliphatic hydroxyl groups excluding tert-OH is 1. The first-order valence-corrected chi connectivity index (χ1v) is 5.05. The SMILES string of the molecule is O=c1nc(NO)ccn1[C@H]1C[C@H](F)[C@@H](CO)O1. The maximum Gasteiger partial charge on any atom is 0.351 e. The molecule has 1 aliphatic rings. The average Bonchev–Trinajstić information content (AvgIpc) is 2.70. The zero-order valence-corrected chi connectivity index (χ0v) is 8.78. The van der Waals surface area contributed by atoms with E-state index in [9.17, 15) is 9.18 Å². The molecule has 2 rings (SSSR count). The number of hydrogen-bond donors (Lipinski definition) is 3. The number of rotatable bonds is 3. The quantitative estimate of drug-likeness (QED) is 0.630. The minimum atomic E-state index is -1.31. The van der Waals surface area contributed by atoms with Gasteiger partial charge in [0.15, 0.2) is 5.82 Å². The van der Waals surface area contributed by atoms with E-state index in [2.05, 4.69) is 4.98 Å². The maximum atomic E-state index is 13.3. The molecule has 1 aliphatic heterocycles. The summed E-state index contributed by atoms with van der Waals surface area (Å²) in [5.74, 6) is -0.000228. The van der Waals surface area contributed by atoms with E-state index in [-0.39, 0.29) is 12.2 Å². The van der Waals surface area contributed by atoms with E-state index >= 15 is 0 Å². The van der Waals surface area contributed by atoms with E-state index in [0.29, 0.717) is 0 Å². The highest BCUT2D eigenvalue weighted by Crippen LogP contribution is 2.29. The Hall–Kier alpha value is -1.51. The fourth-order valence-corrected chi connectivity index (χ4v) is 1.72. The molecular formula is C9H12FN3O4. The molecule has 8 heteroatoms. The molecule has 0 aliphatic carbocycles. The van der Waals surface area contributed by atoms with Gasteiger partial charge in [-0.3, -0.25) is 15.3 Å². The fraction of sp³-hybridized carbons (Fsp3) is 0.556. The highest BCUT2D eigenvalue weighted by Gasteiger charge is 2.36. The van der Waals surface area contributed by atoms with Gasteiger partial charge in [-0.05, 0) is 6.07 Å². The molecule has 3 atom stereocenters. The van der Waals surface area contributed by atoms with Crippen LogP contribution in [0.1, 0.15) is 12.6 Å². The molecular weight excluding hydrogens is 233 g/mol. The molecule has 1 aromatic heterocycles. The van der Waals surface area contributed by atoms with Crippen molar-refractivity contribution in [1.29, 1.82) is 0 Å². The Morgan fingerprint density at radius 3 is 3.00 bits per heavy atom. The predicted molar refractivity (Wildman–Crippen MR) is 54.4 cm³/mol. The summed E-state index contributed by atoms with van der Waals surface area (Å²) >= 11 is 0. The van der Waals surface area contributed by atoms with Gasteiger partial charge in [-0.25, -0.2) is 9.18 Å². The van der Waals surface area contributed by atoms with E-state index in [1.165, 1.54) is 12.3 Å². The van der Waals surface area contributed by atoms with Gasteiger partial charge < -0.3 is 9.84 Å². The molecule has 0 amide bonds. The fourth-order valence-electron chi connectivity index (χ4n) is 1.72. The summed E-state index contributed by atoms with van der Waals surface area (Å²) in [6.45, 7) is -0.434. The van der Waals surface area contributed by atoms with Crippen LogP contribution in [0.4, 0.5) is 10.2 Å². The lowest BCUT2D eigenvalue weighted by Gasteiger charge is -2.14. The summed E-state index contributed by atoms with van der Waals surface area (Å²) in [4.78, 5) is 15.0. The van der Waals surface area contributed by atoms with Gasteiger partial charge in [0.25, 0.3) is 0 Å². The van der Waals surface area contributed by atoms with Crippen molar-refractivity contribution in [2.24, 2.45) is 0 Å². The van der Waals surface area contributed by atoms with Crippen molar-refractivity contribution in [2.45, 2.75) is 24.9 Å². The Kier molecular flexibility index (Phi) is 3.36. The van der Waals surface area contributed by atoms with Crippen molar-refractivity contribution in [3.05, 3.63) is 22.7 Å². The van der Waals surface area contributed by atoms with Gasteiger partial charge in [0, 0.05) is 12.6 Å². The third-order valence-electron chi connectivity index (χ3n) is 2.60. The number of aliphatic hydroxyl groups is 1. The number of nitrogens with zero attached hydrogens (tertiary/aromatic N) is 2. The lowest BCUT2D eigenvalue weighted by Crippen LogP contribution is -2.27. The van der Waals surface area contributed by atoms with Crippen LogP contribution in [0, 0.1) is 0 Å². The van der Waals surface area contributed by atoms with Crippen molar-refractivity contribution in [3.63, 3.8) is 0 Å². The molecule has 0 saturated carbocycles. The van der Waals surface area contributed by atoms with Gasteiger partial charge in [0.2, 0.25) is 0 Å². The first kappa shape index (κ1) is 12.0. The number of alkyl halides is 1. The van der Waals surface area contributed by atoms with Gasteiger partial charge >= 0.3 is 5.69 Å². The van der Waals surface area contributed by atoms with Crippen molar-refractivity contribution in [3.8, 4) is 0 Å². The Bertz CT molecular complexity index is 452. The van der Waals surface area contributed by atoms with E-state index in [4.69, 9.17) is 15.1 Å². The van der Waals surface area contributed by atoms with Crippen LogP contribution in [-0.2, 0) is 4.74 Å². The number of aromatic nitrogens is 2. The zero-order valence-electron chi connectivity index (χ0n) is 8.78. The van der Waals surface area contributed by atoms with Gasteiger partial charge in [0.05, 0.1) is 6.61 Å². The van der Waals surface area contributed by atoms with Crippen LogP contribution in [0.25, 0.3) is 0 Å². The zero-order chi connectivity index (χ0) is 12.4. The minimum absolute atomic E-state index is 0.000228. The number of hydrogen-bond acceptors (Lipinski definition) is 6. The second kappa shape index (κ2) is 4.78. The largest absolute Gasteiger partial charge is 0.394 e. The van der Waals surface area contributed by atoms with Crippen LogP contribution in [-0.4, -0.2) is 38.7 Å². The first-order valence-electron chi connectivity index (χ1n) is 5.05. The van der Waals surface area contributed by atoms with Crippen LogP contribution in [0.5, 0.6) is 0 Å². The molecule has 0 bridgehead atoms. The number of anilines is 1. The maximum absolute atomic E-state index is 13.3. The van der Waals surface area contributed by atoms with Gasteiger partial charge in [-0.15, -0.1) is 0 Å². The summed E-state index contributed by atoms with van der Waals surface area (Å²) in [5, 5.41) is 17.4. The Morgan fingerprint density at radius 1 is 1.71 bits per heavy atom. The molecule has 2 heterocycles. The smallest absolute Gasteiger partial charge is 0.351 e. The van der Waals surface area contributed by atoms with Crippen molar-refractivity contribution < 1.29 is 19.4 Å². The third-order valence-corrected chi connectivity index (χ3v) is 2.60. The highest BCUT2D eigenvalue weighted by molar-refractivity contribution is 5.28. The van der Waals surface area contributed by atoms with E-state index in [0.717, 1.165) is 4.57 Å². The van der Waals surface area contributed by atoms with Crippen LogP contribution in [0.3, 0.4) is 0 Å². The third kappa shape index (κ3) is 2.28. The van der Waals surface area contributed by atoms with Gasteiger partial charge in [-0.1, -0.05) is 0 Å². The van der Waals surface area contributed by atoms with Crippen molar-refractivity contribution in [2.75, 3.05) is 12.1 Å². The first-order chi connectivity index (χ1) is 8.15. The topological polar surface area (TPSA) is 96.6 Å². The predicted octanol–water partition coefficient (Wildman–Crippen LogP) is -0.338. The van der Waals surface area contributed by atoms with Gasteiger partial charge in [-0.2, -0.15) is 4.98 Å². The molecule has 0 radical (unpaired) electrons. The number of nitrogens with one attached hydrogen (secondary N) is 1. The van der Waals surface area contributed by atoms with Crippen LogP contribution in [0.15, 0.2) is 17.1 Å². The lowest BCUT2D eigenvalue weighted by molar-refractivity contribution is -0.0355. The molecule has 17 heavy (non-hydrogen) atoms. The molecule has 3 N–H and O–H groups in total. The molecule has 0 aromatic carbocycles. The normalized spacial score (nSPS) is 28.3. The van der Waals surface area contributed by atoms with E-state index < -0.39 is 30.8 Å². The molecule has 1 fully saturated rings. The monoisotopic (exact) mass is 245 g/mol. The lowest BCUT2D eigenvalue weighted by atomic mass is 10.2. The molecule has 94 valence electrons. The summed E-state index contributed by atoms with van der Waals surface area (Å²) in [5.41, 5.74) is 1.07. The minimum Gasteiger partial charge on any atom is -0.394 e. The Labute approximate surface area is 95.4 Å². The number of ether oxygens (including phenoxy) is 1. The Morgan fingerprint density at radius 2 is 2.47 bits per heavy atom. The van der Waals surface area contributed by atoms with Crippen LogP contribution in [0.2, 0.25) is 0 Å². The van der Waals surface area contributed by atoms with Crippen LogP contribution < -0.4 is 11.2 Å². The van der Waals surface area contributed by atoms with E-state index in [1.54, 1.807) is 5.48 Å². The summed E-state index contributed by atoms with van der Waals surface area (Å²) < 4.78 is 19.6. The molecule has 0 unspecified atom stereocenters. The second-order valence-electron chi connectivity index (χ2n) is 3.68. The molecule has 0 spiro atoms. The summed E-state index contributed by atoms with van der Waals surface area (Å²) in [6, 6.07) is 1.35. The average molecular weight is 245 g/mol. The van der Waals surface area contributed by atoms with Crippen molar-refractivity contribution in [1.82, 2.24) is 9.55 Å². The Balaban J connectivity index is 2.22. The second-order valence-corrected chi connectivity index (χ2v) is 3.68. The van der Waals surface area contributed by atoms with E-state index in [1.807, 2.05) is 0 Å². The standard InChI is InChI=1S/C9H12FN3O4/c10-5-3-8(17-6(5)4-14)13-2-1-7(12-16)11-9(13)15/h1-2,5-6,8,14,16H,3-4H2,(H,11,12,15)/t5-,6+,8+/m0/s1.